The van der Waals surface area contributed by atoms with Crippen LogP contribution in [0.2, 0.25) is 0 Å². The molecule has 0 aliphatic carbocycles. The van der Waals surface area contributed by atoms with E-state index in [-0.39, 0.29) is 11.8 Å². The van der Waals surface area contributed by atoms with Gasteiger partial charge in [0.15, 0.2) is 0 Å². The van der Waals surface area contributed by atoms with E-state index in [1.54, 1.807) is 37.1 Å². The molecule has 106 valence electrons. The van der Waals surface area contributed by atoms with Gasteiger partial charge in [-0.1, -0.05) is 12.1 Å². The molecule has 1 rings (SSSR count). The highest BCUT2D eigenvalue weighted by molar-refractivity contribution is 5.73. The number of phenolic OH excluding ortho intramolecular Hbond substituents is 1. The number of benzene rings is 1. The van der Waals surface area contributed by atoms with Crippen molar-refractivity contribution >= 4 is 6.03 Å². The molecule has 0 heterocycles. The lowest BCUT2D eigenvalue weighted by molar-refractivity contribution is 0.163. The van der Waals surface area contributed by atoms with E-state index in [9.17, 15) is 9.90 Å². The summed E-state index contributed by atoms with van der Waals surface area (Å²) in [5.74, 6) is 0.234. The monoisotopic (exact) mass is 266 g/mol. The van der Waals surface area contributed by atoms with E-state index in [0.717, 1.165) is 5.56 Å². The number of rotatable bonds is 6. The van der Waals surface area contributed by atoms with Crippen LogP contribution < -0.4 is 5.32 Å². The van der Waals surface area contributed by atoms with Crippen molar-refractivity contribution in [2.24, 2.45) is 0 Å². The second kappa shape index (κ2) is 7.63. The number of carbonyl (C=O) groups is 1. The van der Waals surface area contributed by atoms with E-state index in [1.165, 1.54) is 0 Å². The first-order valence-corrected chi connectivity index (χ1v) is 6.44. The van der Waals surface area contributed by atoms with Gasteiger partial charge < -0.3 is 20.4 Å². The van der Waals surface area contributed by atoms with Crippen molar-refractivity contribution in [2.75, 3.05) is 20.1 Å². The van der Waals surface area contributed by atoms with Crippen molar-refractivity contribution in [2.45, 2.75) is 25.9 Å². The average Bonchev–Trinajstić information content (AvgIpc) is 2.35. The smallest absolute Gasteiger partial charge is 0.317 e. The van der Waals surface area contributed by atoms with E-state index in [0.29, 0.717) is 25.9 Å². The predicted octanol–water partition coefficient (Wildman–Crippen LogP) is 1.35. The van der Waals surface area contributed by atoms with Crippen molar-refractivity contribution in [1.29, 1.82) is 0 Å². The van der Waals surface area contributed by atoms with Crippen LogP contribution in [0.25, 0.3) is 0 Å². The van der Waals surface area contributed by atoms with E-state index in [1.807, 2.05) is 6.07 Å². The van der Waals surface area contributed by atoms with E-state index in [2.05, 4.69) is 5.32 Å². The van der Waals surface area contributed by atoms with E-state index in [4.69, 9.17) is 5.11 Å². The largest absolute Gasteiger partial charge is 0.508 e. The molecule has 1 aromatic rings. The molecular formula is C14H22N2O3. The molecule has 1 aromatic carbocycles. The molecule has 0 radical (unpaired) electrons. The predicted molar refractivity (Wildman–Crippen MR) is 74.1 cm³/mol. The summed E-state index contributed by atoms with van der Waals surface area (Å²) in [6.07, 6.45) is 0.837. The molecule has 19 heavy (non-hydrogen) atoms. The third kappa shape index (κ3) is 6.10. The molecule has 0 aliphatic heterocycles. The number of aliphatic hydroxyl groups excluding tert-OH is 1. The lowest BCUT2D eigenvalue weighted by atomic mass is 10.1. The lowest BCUT2D eigenvalue weighted by Crippen LogP contribution is -2.39. The summed E-state index contributed by atoms with van der Waals surface area (Å²) in [5, 5.41) is 21.3. The SMILES string of the molecule is CC(O)CCN(C)C(=O)NCCc1cccc(O)c1. The fraction of sp³-hybridized carbons (Fsp3) is 0.500. The highest BCUT2D eigenvalue weighted by Crippen LogP contribution is 2.10. The van der Waals surface area contributed by atoms with Crippen LogP contribution in [0.3, 0.4) is 0 Å². The maximum atomic E-state index is 11.7. The van der Waals surface area contributed by atoms with Gasteiger partial charge in [-0.2, -0.15) is 0 Å². The Labute approximate surface area is 113 Å². The highest BCUT2D eigenvalue weighted by Gasteiger charge is 2.08. The number of aromatic hydroxyl groups is 1. The summed E-state index contributed by atoms with van der Waals surface area (Å²) in [6.45, 7) is 2.74. The fourth-order valence-electron chi connectivity index (χ4n) is 1.64. The summed E-state index contributed by atoms with van der Waals surface area (Å²) < 4.78 is 0. The molecule has 1 unspecified atom stereocenters. The summed E-state index contributed by atoms with van der Waals surface area (Å²) in [6, 6.07) is 6.83. The van der Waals surface area contributed by atoms with Gasteiger partial charge in [0.1, 0.15) is 5.75 Å². The second-order valence-corrected chi connectivity index (χ2v) is 4.71. The Morgan fingerprint density at radius 3 is 2.84 bits per heavy atom. The Morgan fingerprint density at radius 2 is 2.21 bits per heavy atom. The van der Waals surface area contributed by atoms with Crippen molar-refractivity contribution in [3.8, 4) is 5.75 Å². The Morgan fingerprint density at radius 1 is 1.47 bits per heavy atom. The summed E-state index contributed by atoms with van der Waals surface area (Å²) in [5.41, 5.74) is 0.979. The molecule has 0 aliphatic rings. The zero-order chi connectivity index (χ0) is 14.3. The third-order valence-electron chi connectivity index (χ3n) is 2.83. The third-order valence-corrected chi connectivity index (χ3v) is 2.83. The number of hydrogen-bond donors (Lipinski definition) is 3. The molecule has 0 saturated heterocycles. The summed E-state index contributed by atoms with van der Waals surface area (Å²) >= 11 is 0. The number of urea groups is 1. The normalized spacial score (nSPS) is 11.9. The standard InChI is InChI=1S/C14H22N2O3/c1-11(17)7-9-16(2)14(19)15-8-6-12-4-3-5-13(18)10-12/h3-5,10-11,17-18H,6-9H2,1-2H3,(H,15,19). The zero-order valence-electron chi connectivity index (χ0n) is 11.5. The molecule has 0 fully saturated rings. The summed E-state index contributed by atoms with van der Waals surface area (Å²) in [4.78, 5) is 13.2. The molecular weight excluding hydrogens is 244 g/mol. The number of carbonyl (C=O) groups excluding carboxylic acids is 1. The van der Waals surface area contributed by atoms with Crippen molar-refractivity contribution in [3.63, 3.8) is 0 Å². The van der Waals surface area contributed by atoms with Gasteiger partial charge in [0.05, 0.1) is 6.10 Å². The van der Waals surface area contributed by atoms with Gasteiger partial charge in [0, 0.05) is 20.1 Å². The van der Waals surface area contributed by atoms with Gasteiger partial charge in [-0.15, -0.1) is 0 Å². The molecule has 3 N–H and O–H groups in total. The Hall–Kier alpha value is -1.75. The molecule has 0 aromatic heterocycles. The topological polar surface area (TPSA) is 72.8 Å². The minimum absolute atomic E-state index is 0.152. The fourth-order valence-corrected chi connectivity index (χ4v) is 1.64. The number of amides is 2. The van der Waals surface area contributed by atoms with Crippen LogP contribution in [0.5, 0.6) is 5.75 Å². The van der Waals surface area contributed by atoms with Crippen LogP contribution >= 0.6 is 0 Å². The first kappa shape index (κ1) is 15.3. The number of nitrogens with zero attached hydrogens (tertiary/aromatic N) is 1. The number of aliphatic hydroxyl groups is 1. The first-order chi connectivity index (χ1) is 8.99. The van der Waals surface area contributed by atoms with Gasteiger partial charge in [0.25, 0.3) is 0 Å². The average molecular weight is 266 g/mol. The molecule has 2 amide bonds. The maximum Gasteiger partial charge on any atom is 0.317 e. The summed E-state index contributed by atoms with van der Waals surface area (Å²) in [7, 11) is 1.70. The van der Waals surface area contributed by atoms with Gasteiger partial charge in [-0.3, -0.25) is 0 Å². The first-order valence-electron chi connectivity index (χ1n) is 6.44. The lowest BCUT2D eigenvalue weighted by Gasteiger charge is -2.18. The number of nitrogens with one attached hydrogen (secondary N) is 1. The molecule has 0 bridgehead atoms. The van der Waals surface area contributed by atoms with Crippen molar-refractivity contribution in [1.82, 2.24) is 10.2 Å². The van der Waals surface area contributed by atoms with Crippen molar-refractivity contribution in [3.05, 3.63) is 29.8 Å². The van der Waals surface area contributed by atoms with Gasteiger partial charge in [-0.05, 0) is 37.5 Å². The molecule has 0 saturated carbocycles. The van der Waals surface area contributed by atoms with E-state index >= 15 is 0 Å². The number of phenols is 1. The van der Waals surface area contributed by atoms with Gasteiger partial charge >= 0.3 is 6.03 Å². The minimum atomic E-state index is -0.400. The minimum Gasteiger partial charge on any atom is -0.508 e. The van der Waals surface area contributed by atoms with Crippen LogP contribution in [-0.2, 0) is 6.42 Å². The quantitative estimate of drug-likeness (QED) is 0.727. The van der Waals surface area contributed by atoms with Crippen LogP contribution in [0.1, 0.15) is 18.9 Å². The van der Waals surface area contributed by atoms with Gasteiger partial charge in [-0.25, -0.2) is 4.79 Å². The Kier molecular flexibility index (Phi) is 6.15. The molecule has 5 heteroatoms. The highest BCUT2D eigenvalue weighted by atomic mass is 16.3. The van der Waals surface area contributed by atoms with Crippen LogP contribution in [-0.4, -0.2) is 47.4 Å². The van der Waals surface area contributed by atoms with Crippen LogP contribution in [0, 0.1) is 0 Å². The van der Waals surface area contributed by atoms with E-state index < -0.39 is 6.10 Å². The second-order valence-electron chi connectivity index (χ2n) is 4.71. The Balaban J connectivity index is 2.26. The zero-order valence-corrected chi connectivity index (χ0v) is 11.5. The van der Waals surface area contributed by atoms with Crippen LogP contribution in [0.4, 0.5) is 4.79 Å². The van der Waals surface area contributed by atoms with Gasteiger partial charge in [0.2, 0.25) is 0 Å². The number of hydrogen-bond acceptors (Lipinski definition) is 3. The Bertz CT molecular complexity index is 407. The molecule has 5 nitrogen and oxygen atoms in total. The van der Waals surface area contributed by atoms with Crippen LogP contribution in [0.15, 0.2) is 24.3 Å². The van der Waals surface area contributed by atoms with Crippen molar-refractivity contribution < 1.29 is 15.0 Å². The molecule has 0 spiro atoms. The molecule has 1 atom stereocenters. The maximum absolute atomic E-state index is 11.7.